The largest absolute Gasteiger partial charge is 0.372 e. The van der Waals surface area contributed by atoms with E-state index >= 15 is 0 Å². The molecule has 1 aliphatic heterocycles. The molecule has 0 bridgehead atoms. The molecule has 186 valence electrons. The number of hydrogen-bond acceptors (Lipinski definition) is 6. The maximum absolute atomic E-state index is 13.5. The summed E-state index contributed by atoms with van der Waals surface area (Å²) in [5.41, 5.74) is 0.759. The zero-order valence-corrected chi connectivity index (χ0v) is 20.6. The van der Waals surface area contributed by atoms with Crippen LogP contribution in [0.4, 0.5) is 14.3 Å². The quantitative estimate of drug-likeness (QED) is 0.478. The van der Waals surface area contributed by atoms with Gasteiger partial charge >= 0.3 is 6.03 Å². The maximum Gasteiger partial charge on any atom is 0.326 e. The van der Waals surface area contributed by atoms with E-state index in [-0.39, 0.29) is 36.5 Å². The van der Waals surface area contributed by atoms with E-state index in [9.17, 15) is 14.0 Å². The highest BCUT2D eigenvalue weighted by Crippen LogP contribution is 2.27. The van der Waals surface area contributed by atoms with Gasteiger partial charge in [-0.15, -0.1) is 0 Å². The van der Waals surface area contributed by atoms with E-state index in [1.165, 1.54) is 18.3 Å². The second kappa shape index (κ2) is 11.4. The number of aromatic nitrogens is 3. The third-order valence-electron chi connectivity index (χ3n) is 5.56. The first-order valence-electron chi connectivity index (χ1n) is 11.5. The maximum atomic E-state index is 13.5. The van der Waals surface area contributed by atoms with Crippen LogP contribution in [0.25, 0.3) is 0 Å². The fraction of sp³-hybridized carbons (Fsp3) is 0.417. The second-order valence-corrected chi connectivity index (χ2v) is 9.58. The fourth-order valence-corrected chi connectivity index (χ4v) is 4.78. The van der Waals surface area contributed by atoms with E-state index in [0.717, 1.165) is 29.9 Å². The van der Waals surface area contributed by atoms with Crippen LogP contribution in [0.2, 0.25) is 0 Å². The van der Waals surface area contributed by atoms with Crippen molar-refractivity contribution in [1.29, 1.82) is 0 Å². The minimum absolute atomic E-state index is 0.0877. The summed E-state index contributed by atoms with van der Waals surface area (Å²) in [6, 6.07) is 5.78. The van der Waals surface area contributed by atoms with Crippen molar-refractivity contribution in [3.8, 4) is 0 Å². The summed E-state index contributed by atoms with van der Waals surface area (Å²) in [5, 5.41) is 3.31. The Balaban J connectivity index is 1.45. The summed E-state index contributed by atoms with van der Waals surface area (Å²) in [7, 11) is 0. The third-order valence-corrected chi connectivity index (χ3v) is 6.58. The number of carbonyl (C=O) groups excluding carboxylic acids is 2. The summed E-state index contributed by atoms with van der Waals surface area (Å²) >= 11 is 1.16. The summed E-state index contributed by atoms with van der Waals surface area (Å²) in [5.74, 6) is -0.578. The number of hydrogen-bond donors (Lipinski definition) is 1. The van der Waals surface area contributed by atoms with Crippen molar-refractivity contribution >= 4 is 28.4 Å². The SMILES string of the molecule is CC1CN(C(=O)N(Cc2ccc(F)cc2)c2ncc(C(=O)NCCCn3ccnc3)s2)CC(C)O1. The number of nitrogens with zero attached hydrogens (tertiary/aromatic N) is 5. The van der Waals surface area contributed by atoms with Crippen LogP contribution < -0.4 is 10.2 Å². The van der Waals surface area contributed by atoms with Crippen LogP contribution in [0, 0.1) is 5.82 Å². The molecule has 3 heterocycles. The monoisotopic (exact) mass is 500 g/mol. The van der Waals surface area contributed by atoms with Crippen molar-refractivity contribution in [3.63, 3.8) is 0 Å². The molecule has 1 aliphatic rings. The topological polar surface area (TPSA) is 92.6 Å². The first-order chi connectivity index (χ1) is 16.9. The van der Waals surface area contributed by atoms with E-state index in [0.29, 0.717) is 29.6 Å². The molecule has 11 heteroatoms. The summed E-state index contributed by atoms with van der Waals surface area (Å²) in [6.07, 6.45) is 7.40. The highest BCUT2D eigenvalue weighted by atomic mass is 32.1. The Morgan fingerprint density at radius 2 is 1.97 bits per heavy atom. The fourth-order valence-electron chi connectivity index (χ4n) is 3.96. The van der Waals surface area contributed by atoms with E-state index in [1.54, 1.807) is 34.5 Å². The average Bonchev–Trinajstić information content (AvgIpc) is 3.53. The molecule has 9 nitrogen and oxygen atoms in total. The third kappa shape index (κ3) is 6.64. The van der Waals surface area contributed by atoms with Gasteiger partial charge in [-0.3, -0.25) is 9.69 Å². The first kappa shape index (κ1) is 24.8. The van der Waals surface area contributed by atoms with Gasteiger partial charge in [0.25, 0.3) is 5.91 Å². The molecule has 1 fully saturated rings. The summed E-state index contributed by atoms with van der Waals surface area (Å²) in [4.78, 5) is 38.3. The molecular formula is C24H29FN6O3S. The summed E-state index contributed by atoms with van der Waals surface area (Å²) < 4.78 is 21.1. The van der Waals surface area contributed by atoms with Gasteiger partial charge in [0.05, 0.1) is 31.3 Å². The van der Waals surface area contributed by atoms with E-state index in [4.69, 9.17) is 4.74 Å². The second-order valence-electron chi connectivity index (χ2n) is 8.57. The number of nitrogens with one attached hydrogen (secondary N) is 1. The number of halogens is 1. The zero-order valence-electron chi connectivity index (χ0n) is 19.8. The number of imidazole rings is 1. The molecule has 2 atom stereocenters. The first-order valence-corrected chi connectivity index (χ1v) is 12.4. The summed E-state index contributed by atoms with van der Waals surface area (Å²) in [6.45, 7) is 6.24. The molecular weight excluding hydrogens is 471 g/mol. The number of ether oxygens (including phenoxy) is 1. The Kier molecular flexibility index (Phi) is 8.09. The predicted molar refractivity (Wildman–Crippen MR) is 131 cm³/mol. The molecule has 0 saturated carbocycles. The molecule has 2 aromatic heterocycles. The van der Waals surface area contributed by atoms with Gasteiger partial charge in [0, 0.05) is 38.6 Å². The van der Waals surface area contributed by atoms with Gasteiger partial charge < -0.3 is 19.5 Å². The standard InChI is InChI=1S/C24H29FN6O3S/c1-17-13-30(14-18(2)34-17)24(33)31(15-19-4-6-20(25)7-5-19)23-28-12-21(35-23)22(32)27-8-3-10-29-11-9-26-16-29/h4-7,9,11-12,16-18H,3,8,10,13-15H2,1-2H3,(H,27,32). The molecule has 1 aromatic carbocycles. The number of morpholine rings is 1. The van der Waals surface area contributed by atoms with Gasteiger partial charge in [-0.25, -0.2) is 19.2 Å². The van der Waals surface area contributed by atoms with Crippen molar-refractivity contribution in [2.75, 3.05) is 24.5 Å². The van der Waals surface area contributed by atoms with Crippen LogP contribution in [0.5, 0.6) is 0 Å². The lowest BCUT2D eigenvalue weighted by molar-refractivity contribution is -0.0537. The van der Waals surface area contributed by atoms with E-state index < -0.39 is 0 Å². The van der Waals surface area contributed by atoms with Crippen molar-refractivity contribution in [2.45, 2.75) is 45.6 Å². The molecule has 0 spiro atoms. The van der Waals surface area contributed by atoms with Crippen LogP contribution in [-0.2, 0) is 17.8 Å². The molecule has 0 radical (unpaired) electrons. The normalized spacial score (nSPS) is 17.9. The smallest absolute Gasteiger partial charge is 0.326 e. The van der Waals surface area contributed by atoms with Crippen LogP contribution in [0.1, 0.15) is 35.5 Å². The van der Waals surface area contributed by atoms with Crippen LogP contribution >= 0.6 is 11.3 Å². The lowest BCUT2D eigenvalue weighted by atomic mass is 10.2. The Labute approximate surface area is 207 Å². The Bertz CT molecular complexity index is 1110. The van der Waals surface area contributed by atoms with Gasteiger partial charge in [-0.2, -0.15) is 0 Å². The van der Waals surface area contributed by atoms with E-state index in [1.807, 2.05) is 24.6 Å². The number of anilines is 1. The highest BCUT2D eigenvalue weighted by Gasteiger charge is 2.31. The lowest BCUT2D eigenvalue weighted by Gasteiger charge is -2.37. The van der Waals surface area contributed by atoms with Crippen molar-refractivity contribution in [1.82, 2.24) is 24.8 Å². The number of amides is 3. The number of aryl methyl sites for hydroxylation is 1. The Morgan fingerprint density at radius 1 is 1.23 bits per heavy atom. The van der Waals surface area contributed by atoms with Crippen LogP contribution in [0.15, 0.2) is 49.2 Å². The minimum Gasteiger partial charge on any atom is -0.372 e. The molecule has 1 saturated heterocycles. The van der Waals surface area contributed by atoms with Crippen molar-refractivity contribution in [2.24, 2.45) is 0 Å². The Morgan fingerprint density at radius 3 is 2.66 bits per heavy atom. The van der Waals surface area contributed by atoms with Gasteiger partial charge in [0.15, 0.2) is 5.13 Å². The van der Waals surface area contributed by atoms with Crippen LogP contribution in [-0.4, -0.2) is 63.2 Å². The molecule has 35 heavy (non-hydrogen) atoms. The molecule has 1 N–H and O–H groups in total. The van der Waals surface area contributed by atoms with Crippen molar-refractivity contribution < 1.29 is 18.7 Å². The zero-order chi connectivity index (χ0) is 24.8. The van der Waals surface area contributed by atoms with Crippen LogP contribution in [0.3, 0.4) is 0 Å². The number of rotatable bonds is 8. The minimum atomic E-state index is -0.344. The van der Waals surface area contributed by atoms with Gasteiger partial charge in [-0.1, -0.05) is 23.5 Å². The number of thiazole rings is 1. The van der Waals surface area contributed by atoms with Gasteiger partial charge in [0.2, 0.25) is 0 Å². The van der Waals surface area contributed by atoms with Gasteiger partial charge in [0.1, 0.15) is 10.7 Å². The number of urea groups is 1. The van der Waals surface area contributed by atoms with E-state index in [2.05, 4.69) is 15.3 Å². The number of carbonyl (C=O) groups is 2. The molecule has 0 aliphatic carbocycles. The Hall–Kier alpha value is -3.31. The molecule has 2 unspecified atom stereocenters. The predicted octanol–water partition coefficient (Wildman–Crippen LogP) is 3.53. The lowest BCUT2D eigenvalue weighted by Crippen LogP contribution is -2.52. The van der Waals surface area contributed by atoms with Gasteiger partial charge in [-0.05, 0) is 38.0 Å². The number of benzene rings is 1. The molecule has 3 aromatic rings. The molecule has 3 amide bonds. The highest BCUT2D eigenvalue weighted by molar-refractivity contribution is 7.17. The average molecular weight is 501 g/mol. The molecule has 4 rings (SSSR count). The van der Waals surface area contributed by atoms with Crippen molar-refractivity contribution in [3.05, 3.63) is 65.4 Å².